The Morgan fingerprint density at radius 1 is 1.00 bits per heavy atom. The fraction of sp³-hybridized carbons (Fsp3) is 0.318. The smallest absolute Gasteiger partial charge is 0.416 e. The van der Waals surface area contributed by atoms with Gasteiger partial charge >= 0.3 is 12.1 Å². The van der Waals surface area contributed by atoms with Crippen molar-refractivity contribution in [3.05, 3.63) is 72.1 Å². The molecule has 1 aliphatic rings. The average molecular weight is 420 g/mol. The van der Waals surface area contributed by atoms with Gasteiger partial charge in [-0.15, -0.1) is 0 Å². The molecule has 0 unspecified atom stereocenters. The maximum Gasteiger partial charge on any atom is 0.416 e. The Morgan fingerprint density at radius 3 is 2.13 bits per heavy atom. The number of alkyl halides is 3. The lowest BCUT2D eigenvalue weighted by Crippen LogP contribution is -2.37. The van der Waals surface area contributed by atoms with E-state index in [0.717, 1.165) is 37.8 Å². The molecule has 0 bridgehead atoms. The van der Waals surface area contributed by atoms with Crippen molar-refractivity contribution >= 4 is 11.7 Å². The van der Waals surface area contributed by atoms with Crippen LogP contribution in [0.5, 0.6) is 5.75 Å². The third-order valence-electron chi connectivity index (χ3n) is 4.96. The van der Waals surface area contributed by atoms with E-state index in [2.05, 4.69) is 17.2 Å². The summed E-state index contributed by atoms with van der Waals surface area (Å²) in [6.45, 7) is 3.90. The molecule has 0 aliphatic heterocycles. The summed E-state index contributed by atoms with van der Waals surface area (Å²) in [7, 11) is 0. The minimum Gasteiger partial charge on any atom is -0.490 e. The normalized spacial score (nSPS) is 19.0. The van der Waals surface area contributed by atoms with Crippen LogP contribution in [0.1, 0.15) is 41.6 Å². The van der Waals surface area contributed by atoms with Crippen LogP contribution in [0, 0.1) is 0 Å². The van der Waals surface area contributed by atoms with Crippen LogP contribution in [0.15, 0.2) is 60.9 Å². The van der Waals surface area contributed by atoms with Gasteiger partial charge in [-0.2, -0.15) is 13.2 Å². The number of carbonyl (C=O) groups is 1. The zero-order chi connectivity index (χ0) is 21.7. The Kier molecular flexibility index (Phi) is 6.54. The molecule has 1 aliphatic carbocycles. The van der Waals surface area contributed by atoms with Gasteiger partial charge in [-0.3, -0.25) is 0 Å². The molecule has 2 aromatic rings. The molecule has 0 heterocycles. The highest BCUT2D eigenvalue weighted by Crippen LogP contribution is 2.30. The van der Waals surface area contributed by atoms with Crippen LogP contribution in [-0.2, 0) is 6.18 Å². The van der Waals surface area contributed by atoms with Crippen molar-refractivity contribution in [2.24, 2.45) is 0 Å². The highest BCUT2D eigenvalue weighted by atomic mass is 19.4. The predicted octanol–water partition coefficient (Wildman–Crippen LogP) is 5.27. The highest BCUT2D eigenvalue weighted by Gasteiger charge is 2.30. The van der Waals surface area contributed by atoms with Gasteiger partial charge in [0.2, 0.25) is 0 Å². The minimum absolute atomic E-state index is 0.0508. The van der Waals surface area contributed by atoms with E-state index >= 15 is 0 Å². The van der Waals surface area contributed by atoms with Gasteiger partial charge in [0.15, 0.2) is 0 Å². The quantitative estimate of drug-likeness (QED) is 0.570. The first kappa shape index (κ1) is 21.5. The lowest BCUT2D eigenvalue weighted by Gasteiger charge is -2.30. The second-order valence-electron chi connectivity index (χ2n) is 7.24. The topological polar surface area (TPSA) is 70.6 Å². The molecule has 0 saturated heterocycles. The molecular formula is C22H23F3N2O3. The van der Waals surface area contributed by atoms with Crippen molar-refractivity contribution < 1.29 is 27.8 Å². The molecule has 0 aromatic heterocycles. The van der Waals surface area contributed by atoms with Crippen LogP contribution in [0.25, 0.3) is 0 Å². The summed E-state index contributed by atoms with van der Waals surface area (Å²) in [5.74, 6) is 0.200. The number of hydrogen-bond acceptors (Lipinski definition) is 4. The molecule has 8 heteroatoms. The summed E-state index contributed by atoms with van der Waals surface area (Å²) in [4.78, 5) is 10.9. The zero-order valence-corrected chi connectivity index (χ0v) is 16.2. The third kappa shape index (κ3) is 5.92. The summed E-state index contributed by atoms with van der Waals surface area (Å²) in [6, 6.07) is 11.3. The molecule has 2 aromatic carbocycles. The maximum atomic E-state index is 12.6. The molecule has 0 spiro atoms. The predicted molar refractivity (Wildman–Crippen MR) is 107 cm³/mol. The number of ether oxygens (including phenoxy) is 1. The van der Waals surface area contributed by atoms with E-state index in [1.807, 2.05) is 0 Å². The van der Waals surface area contributed by atoms with Crippen molar-refractivity contribution in [2.75, 3.05) is 5.32 Å². The minimum atomic E-state index is -4.35. The van der Waals surface area contributed by atoms with Gasteiger partial charge in [0.05, 0.1) is 23.1 Å². The van der Waals surface area contributed by atoms with Crippen LogP contribution in [-0.4, -0.2) is 23.2 Å². The zero-order valence-electron chi connectivity index (χ0n) is 16.2. The largest absolute Gasteiger partial charge is 0.490 e. The fourth-order valence-corrected chi connectivity index (χ4v) is 3.39. The van der Waals surface area contributed by atoms with E-state index in [-0.39, 0.29) is 17.7 Å². The lowest BCUT2D eigenvalue weighted by atomic mass is 9.93. The van der Waals surface area contributed by atoms with E-state index in [0.29, 0.717) is 17.3 Å². The second kappa shape index (κ2) is 9.11. The monoisotopic (exact) mass is 420 g/mol. The Balaban J connectivity index is 1.42. The van der Waals surface area contributed by atoms with Crippen LogP contribution in [0.4, 0.5) is 18.9 Å². The van der Waals surface area contributed by atoms with Gasteiger partial charge in [-0.25, -0.2) is 4.79 Å². The number of hydrogen-bond donors (Lipinski definition) is 3. The molecule has 1 fully saturated rings. The van der Waals surface area contributed by atoms with Crippen molar-refractivity contribution in [3.63, 3.8) is 0 Å². The highest BCUT2D eigenvalue weighted by molar-refractivity contribution is 5.87. The Labute approximate surface area is 172 Å². The average Bonchev–Trinajstić information content (AvgIpc) is 2.69. The van der Waals surface area contributed by atoms with Crippen molar-refractivity contribution in [2.45, 2.75) is 44.0 Å². The fourth-order valence-electron chi connectivity index (χ4n) is 3.39. The van der Waals surface area contributed by atoms with Crippen molar-refractivity contribution in [1.29, 1.82) is 0 Å². The van der Waals surface area contributed by atoms with E-state index in [1.165, 1.54) is 24.3 Å². The number of nitrogens with one attached hydrogen (secondary N) is 2. The summed E-state index contributed by atoms with van der Waals surface area (Å²) in [5, 5.41) is 15.2. The summed E-state index contributed by atoms with van der Waals surface area (Å²) < 4.78 is 43.8. The summed E-state index contributed by atoms with van der Waals surface area (Å²) in [6.07, 6.45) is -0.947. The number of carboxylic acids is 1. The Hall–Kier alpha value is -3.16. The molecule has 1 saturated carbocycles. The van der Waals surface area contributed by atoms with E-state index in [1.54, 1.807) is 12.1 Å². The maximum absolute atomic E-state index is 12.6. The molecule has 3 rings (SSSR count). The number of halogens is 3. The van der Waals surface area contributed by atoms with Crippen LogP contribution in [0.2, 0.25) is 0 Å². The van der Waals surface area contributed by atoms with Crippen molar-refractivity contribution in [3.8, 4) is 5.75 Å². The van der Waals surface area contributed by atoms with E-state index < -0.39 is 17.7 Å². The Bertz CT molecular complexity index is 872. The molecule has 0 atom stereocenters. The third-order valence-corrected chi connectivity index (χ3v) is 4.96. The summed E-state index contributed by atoms with van der Waals surface area (Å²) >= 11 is 0. The van der Waals surface area contributed by atoms with Gasteiger partial charge in [-0.1, -0.05) is 6.58 Å². The summed E-state index contributed by atoms with van der Waals surface area (Å²) in [5.41, 5.74) is 0.0548. The first-order chi connectivity index (χ1) is 14.2. The first-order valence-corrected chi connectivity index (χ1v) is 9.60. The standard InChI is InChI=1S/C22H23F3N2O3/c1-14(26-17-6-4-16(5-7-17)22(23,24)25)27-18-8-12-20(13-9-18)30-19-10-2-15(3-11-19)21(28)29/h2-7,10-11,18,20,26-27H,1,8-9,12-13H2,(H,28,29)/t18-,20-. The number of rotatable bonds is 7. The Morgan fingerprint density at radius 2 is 1.60 bits per heavy atom. The van der Waals surface area contributed by atoms with E-state index in [4.69, 9.17) is 9.84 Å². The van der Waals surface area contributed by atoms with Crippen LogP contribution in [0.3, 0.4) is 0 Å². The number of benzene rings is 2. The van der Waals surface area contributed by atoms with Gasteiger partial charge in [-0.05, 0) is 74.2 Å². The number of anilines is 1. The molecule has 0 radical (unpaired) electrons. The van der Waals surface area contributed by atoms with Gasteiger partial charge < -0.3 is 20.5 Å². The SMILES string of the molecule is C=C(Nc1ccc(C(F)(F)F)cc1)N[C@H]1CC[C@H](Oc2ccc(C(=O)O)cc2)CC1. The molecule has 160 valence electrons. The van der Waals surface area contributed by atoms with Gasteiger partial charge in [0.25, 0.3) is 0 Å². The lowest BCUT2D eigenvalue weighted by molar-refractivity contribution is -0.137. The van der Waals surface area contributed by atoms with Crippen molar-refractivity contribution in [1.82, 2.24) is 5.32 Å². The van der Waals surface area contributed by atoms with Gasteiger partial charge in [0, 0.05) is 11.7 Å². The molecule has 30 heavy (non-hydrogen) atoms. The second-order valence-corrected chi connectivity index (χ2v) is 7.24. The first-order valence-electron chi connectivity index (χ1n) is 9.60. The molecule has 5 nitrogen and oxygen atoms in total. The van der Waals surface area contributed by atoms with Gasteiger partial charge in [0.1, 0.15) is 5.75 Å². The van der Waals surface area contributed by atoms with Crippen LogP contribution < -0.4 is 15.4 Å². The molecular weight excluding hydrogens is 397 g/mol. The number of aromatic carboxylic acids is 1. The molecule has 0 amide bonds. The van der Waals surface area contributed by atoms with Crippen LogP contribution >= 0.6 is 0 Å². The number of carboxylic acid groups (broad SMARTS) is 1. The van der Waals surface area contributed by atoms with E-state index in [9.17, 15) is 18.0 Å². The molecule has 3 N–H and O–H groups in total.